The number of nitrogens with two attached hydrogens (primary N) is 1. The van der Waals surface area contributed by atoms with E-state index in [0.717, 1.165) is 16.7 Å². The van der Waals surface area contributed by atoms with Gasteiger partial charge in [-0.05, 0) is 88.1 Å². The molecule has 1 aliphatic rings. The van der Waals surface area contributed by atoms with Crippen LogP contribution in [0.4, 0.5) is 10.2 Å². The first-order valence-corrected chi connectivity index (χ1v) is 11.2. The number of nitrogens with zero attached hydrogens (tertiary/aromatic N) is 2. The molecule has 0 aliphatic heterocycles. The van der Waals surface area contributed by atoms with E-state index in [1.165, 1.54) is 16.9 Å². The molecule has 3 N–H and O–H groups in total. The van der Waals surface area contributed by atoms with Crippen LogP contribution in [0, 0.1) is 12.7 Å². The van der Waals surface area contributed by atoms with Gasteiger partial charge >= 0.3 is 0 Å². The van der Waals surface area contributed by atoms with Gasteiger partial charge in [-0.3, -0.25) is 4.79 Å². The number of phenolic OH excluding ortho intramolecular Hbond substituents is 1. The lowest BCUT2D eigenvalue weighted by Gasteiger charge is -2.12. The van der Waals surface area contributed by atoms with E-state index in [0.29, 0.717) is 33.5 Å². The number of aromatic hydroxyl groups is 1. The number of Topliss-reactive ketones (excluding diaryl/α,β-unsaturated/α-hetero) is 1. The van der Waals surface area contributed by atoms with E-state index in [1.54, 1.807) is 48.5 Å². The van der Waals surface area contributed by atoms with Gasteiger partial charge in [-0.15, -0.1) is 0 Å². The number of aryl methyl sites for hydroxylation is 1. The van der Waals surface area contributed by atoms with E-state index in [-0.39, 0.29) is 23.1 Å². The van der Waals surface area contributed by atoms with Gasteiger partial charge in [0.2, 0.25) is 0 Å². The van der Waals surface area contributed by atoms with Crippen molar-refractivity contribution in [3.05, 3.63) is 98.9 Å². The van der Waals surface area contributed by atoms with Crippen LogP contribution in [-0.2, 0) is 6.42 Å². The number of ether oxygens (including phenoxy) is 1. The number of aromatic nitrogens is 2. The Bertz CT molecular complexity index is 1490. The minimum absolute atomic E-state index is 0.119. The molecule has 8 heteroatoms. The number of halogens is 2. The third-order valence-electron chi connectivity index (χ3n) is 5.72. The molecule has 0 saturated carbocycles. The minimum atomic E-state index is -0.448. The number of phenols is 1. The number of benzene rings is 3. The molecule has 0 atom stereocenters. The zero-order chi connectivity index (χ0) is 24.0. The Hall–Kier alpha value is -3.91. The Balaban J connectivity index is 1.40. The SMILES string of the molecule is Cc1cc(-n2ncc(C(=O)C3=Cc4cc(O)c(Br)cc4C3)c2N)ccc1Oc1ccccc1F. The van der Waals surface area contributed by atoms with Crippen molar-refractivity contribution in [3.63, 3.8) is 0 Å². The normalized spacial score (nSPS) is 12.4. The van der Waals surface area contributed by atoms with Crippen molar-refractivity contribution in [2.24, 2.45) is 0 Å². The number of rotatable bonds is 5. The first kappa shape index (κ1) is 21.9. The monoisotopic (exact) mass is 519 g/mol. The average molecular weight is 520 g/mol. The number of nitrogen functional groups attached to an aromatic ring is 1. The number of allylic oxidation sites excluding steroid dienone is 1. The van der Waals surface area contributed by atoms with Gasteiger partial charge in [-0.1, -0.05) is 12.1 Å². The van der Waals surface area contributed by atoms with Crippen LogP contribution in [0.3, 0.4) is 0 Å². The van der Waals surface area contributed by atoms with Gasteiger partial charge in [0, 0.05) is 12.0 Å². The molecule has 0 spiro atoms. The Morgan fingerprint density at radius 2 is 1.97 bits per heavy atom. The van der Waals surface area contributed by atoms with Crippen molar-refractivity contribution in [1.82, 2.24) is 9.78 Å². The molecule has 3 aromatic carbocycles. The number of para-hydroxylation sites is 1. The number of hydrogen-bond donors (Lipinski definition) is 2. The zero-order valence-corrected chi connectivity index (χ0v) is 19.6. The molecular formula is C26H19BrFN3O3. The summed E-state index contributed by atoms with van der Waals surface area (Å²) in [5.41, 5.74) is 10.3. The minimum Gasteiger partial charge on any atom is -0.507 e. The van der Waals surface area contributed by atoms with Gasteiger partial charge in [0.15, 0.2) is 17.3 Å². The standard InChI is InChI=1S/C26H19BrFN3O3/c1-14-8-18(6-7-23(14)34-24-5-3-2-4-21(24)28)31-26(29)19(13-30-31)25(33)17-9-15-11-20(27)22(32)12-16(15)10-17/h2-8,10-13,32H,9,29H2,1H3. The Kier molecular flexibility index (Phi) is 5.45. The van der Waals surface area contributed by atoms with Crippen LogP contribution in [0.1, 0.15) is 27.0 Å². The summed E-state index contributed by atoms with van der Waals surface area (Å²) in [4.78, 5) is 13.2. The van der Waals surface area contributed by atoms with E-state index in [4.69, 9.17) is 10.5 Å². The van der Waals surface area contributed by atoms with Crippen molar-refractivity contribution >= 4 is 33.6 Å². The van der Waals surface area contributed by atoms with Crippen LogP contribution in [0.25, 0.3) is 11.8 Å². The summed E-state index contributed by atoms with van der Waals surface area (Å²) < 4.78 is 21.7. The summed E-state index contributed by atoms with van der Waals surface area (Å²) in [7, 11) is 0. The lowest BCUT2D eigenvalue weighted by atomic mass is 10.0. The van der Waals surface area contributed by atoms with Gasteiger partial charge in [0.05, 0.1) is 21.9 Å². The molecule has 170 valence electrons. The smallest absolute Gasteiger partial charge is 0.194 e. The number of ketones is 1. The van der Waals surface area contributed by atoms with Crippen LogP contribution < -0.4 is 10.5 Å². The number of carbonyl (C=O) groups is 1. The Labute approximate surface area is 203 Å². The number of anilines is 1. The van der Waals surface area contributed by atoms with Crippen LogP contribution in [0.15, 0.2) is 70.8 Å². The first-order valence-electron chi connectivity index (χ1n) is 10.5. The highest BCUT2D eigenvalue weighted by atomic mass is 79.9. The lowest BCUT2D eigenvalue weighted by molar-refractivity contribution is 0.103. The van der Waals surface area contributed by atoms with Crippen LogP contribution in [0.2, 0.25) is 0 Å². The fourth-order valence-electron chi connectivity index (χ4n) is 3.93. The summed E-state index contributed by atoms with van der Waals surface area (Å²) in [6.07, 6.45) is 3.66. The molecule has 0 amide bonds. The average Bonchev–Trinajstić information content (AvgIpc) is 3.39. The maximum Gasteiger partial charge on any atom is 0.194 e. The largest absolute Gasteiger partial charge is 0.507 e. The maximum absolute atomic E-state index is 13.9. The predicted octanol–water partition coefficient (Wildman–Crippen LogP) is 5.98. The molecule has 0 radical (unpaired) electrons. The van der Waals surface area contributed by atoms with Crippen molar-refractivity contribution in [1.29, 1.82) is 0 Å². The quantitative estimate of drug-likeness (QED) is 0.316. The van der Waals surface area contributed by atoms with E-state index >= 15 is 0 Å². The molecule has 6 nitrogen and oxygen atoms in total. The lowest BCUT2D eigenvalue weighted by Crippen LogP contribution is -2.08. The molecule has 5 rings (SSSR count). The molecule has 34 heavy (non-hydrogen) atoms. The van der Waals surface area contributed by atoms with E-state index in [9.17, 15) is 14.3 Å². The molecule has 1 aliphatic carbocycles. The van der Waals surface area contributed by atoms with Gasteiger partial charge in [0.1, 0.15) is 17.3 Å². The first-order chi connectivity index (χ1) is 16.3. The third kappa shape index (κ3) is 3.86. The molecule has 0 fully saturated rings. The predicted molar refractivity (Wildman–Crippen MR) is 131 cm³/mol. The van der Waals surface area contributed by atoms with E-state index in [1.807, 2.05) is 13.0 Å². The molecule has 1 aromatic heterocycles. The second-order valence-corrected chi connectivity index (χ2v) is 8.87. The fraction of sp³-hybridized carbons (Fsp3) is 0.0769. The van der Waals surface area contributed by atoms with Gasteiger partial charge < -0.3 is 15.6 Å². The van der Waals surface area contributed by atoms with Crippen LogP contribution in [-0.4, -0.2) is 20.7 Å². The van der Waals surface area contributed by atoms with E-state index in [2.05, 4.69) is 21.0 Å². The number of fused-ring (bicyclic) bond motifs is 1. The molecule has 0 unspecified atom stereocenters. The van der Waals surface area contributed by atoms with Crippen molar-refractivity contribution < 1.29 is 19.0 Å². The fourth-order valence-corrected chi connectivity index (χ4v) is 4.32. The van der Waals surface area contributed by atoms with Crippen LogP contribution in [0.5, 0.6) is 17.2 Å². The summed E-state index contributed by atoms with van der Waals surface area (Å²) in [5.74, 6) is 0.306. The molecule has 4 aromatic rings. The highest BCUT2D eigenvalue weighted by molar-refractivity contribution is 9.10. The number of hydrogen-bond acceptors (Lipinski definition) is 5. The molecule has 0 saturated heterocycles. The Morgan fingerprint density at radius 1 is 1.18 bits per heavy atom. The van der Waals surface area contributed by atoms with Gasteiger partial charge in [-0.25, -0.2) is 9.07 Å². The maximum atomic E-state index is 13.9. The summed E-state index contributed by atoms with van der Waals surface area (Å²) in [5, 5.41) is 14.2. The van der Waals surface area contributed by atoms with Crippen molar-refractivity contribution in [2.75, 3.05) is 5.73 Å². The van der Waals surface area contributed by atoms with Crippen LogP contribution >= 0.6 is 15.9 Å². The van der Waals surface area contributed by atoms with E-state index < -0.39 is 5.82 Å². The van der Waals surface area contributed by atoms with Crippen molar-refractivity contribution in [2.45, 2.75) is 13.3 Å². The molecular weight excluding hydrogens is 501 g/mol. The summed E-state index contributed by atoms with van der Waals surface area (Å²) in [6, 6.07) is 14.9. The van der Waals surface area contributed by atoms with Gasteiger partial charge in [0.25, 0.3) is 0 Å². The third-order valence-corrected chi connectivity index (χ3v) is 6.36. The molecule has 0 bridgehead atoms. The summed E-state index contributed by atoms with van der Waals surface area (Å²) in [6.45, 7) is 1.83. The second kappa shape index (κ2) is 8.46. The van der Waals surface area contributed by atoms with Gasteiger partial charge in [-0.2, -0.15) is 5.10 Å². The number of carbonyl (C=O) groups excluding carboxylic acids is 1. The zero-order valence-electron chi connectivity index (χ0n) is 18.0. The molecule has 1 heterocycles. The van der Waals surface area contributed by atoms with Crippen molar-refractivity contribution in [3.8, 4) is 22.9 Å². The highest BCUT2D eigenvalue weighted by Gasteiger charge is 2.25. The second-order valence-electron chi connectivity index (χ2n) is 8.02. The topological polar surface area (TPSA) is 90.4 Å². The summed E-state index contributed by atoms with van der Waals surface area (Å²) >= 11 is 3.31. The highest BCUT2D eigenvalue weighted by Crippen LogP contribution is 2.35. The Morgan fingerprint density at radius 3 is 2.74 bits per heavy atom.